The first-order valence-corrected chi connectivity index (χ1v) is 10.0. The molecule has 2 rings (SSSR count). The first-order chi connectivity index (χ1) is 11.7. The lowest BCUT2D eigenvalue weighted by Gasteiger charge is -2.03. The van der Waals surface area contributed by atoms with Crippen molar-refractivity contribution in [3.8, 4) is 0 Å². The summed E-state index contributed by atoms with van der Waals surface area (Å²) in [6.45, 7) is 4.99. The maximum absolute atomic E-state index is 11.8. The summed E-state index contributed by atoms with van der Waals surface area (Å²) in [7, 11) is 0. The van der Waals surface area contributed by atoms with Crippen LogP contribution in [0.1, 0.15) is 38.2 Å². The summed E-state index contributed by atoms with van der Waals surface area (Å²) in [5, 5.41) is 15.1. The molecular formula is C17H24N4OS2. The van der Waals surface area contributed by atoms with Gasteiger partial charge in [-0.3, -0.25) is 4.79 Å². The molecule has 0 fully saturated rings. The van der Waals surface area contributed by atoms with E-state index in [-0.39, 0.29) is 5.91 Å². The maximum Gasteiger partial charge on any atom is 0.230 e. The molecule has 0 spiro atoms. The van der Waals surface area contributed by atoms with Crippen molar-refractivity contribution >= 4 is 39.8 Å². The molecular weight excluding hydrogens is 340 g/mol. The molecule has 1 aromatic heterocycles. The zero-order valence-corrected chi connectivity index (χ0v) is 15.8. The first kappa shape index (κ1) is 18.7. The lowest BCUT2D eigenvalue weighted by Crippen LogP contribution is -2.26. The highest BCUT2D eigenvalue weighted by molar-refractivity contribution is 8.01. The number of aromatic nitrogens is 2. The molecule has 1 amide bonds. The van der Waals surface area contributed by atoms with Crippen LogP contribution in [0.5, 0.6) is 0 Å². The van der Waals surface area contributed by atoms with E-state index in [1.54, 1.807) is 0 Å². The van der Waals surface area contributed by atoms with E-state index in [0.29, 0.717) is 5.75 Å². The van der Waals surface area contributed by atoms with Crippen molar-refractivity contribution in [3.05, 3.63) is 29.8 Å². The number of hydrogen-bond acceptors (Lipinski definition) is 6. The Balaban J connectivity index is 1.69. The Labute approximate surface area is 151 Å². The SMILES string of the molecule is CCCCCCNC(=O)CSc1nnc(Nc2ccc(C)cc2)s1. The highest BCUT2D eigenvalue weighted by Crippen LogP contribution is 2.27. The Morgan fingerprint density at radius 1 is 1.17 bits per heavy atom. The van der Waals surface area contributed by atoms with Gasteiger partial charge in [0.25, 0.3) is 0 Å². The molecule has 0 atom stereocenters. The predicted octanol–water partition coefficient (Wildman–Crippen LogP) is 4.38. The Morgan fingerprint density at radius 2 is 1.96 bits per heavy atom. The zero-order valence-electron chi connectivity index (χ0n) is 14.2. The third kappa shape index (κ3) is 6.88. The largest absolute Gasteiger partial charge is 0.355 e. The average Bonchev–Trinajstić information content (AvgIpc) is 3.02. The quantitative estimate of drug-likeness (QED) is 0.484. The summed E-state index contributed by atoms with van der Waals surface area (Å²) in [4.78, 5) is 11.8. The standard InChI is InChI=1S/C17H24N4OS2/c1-3-4-5-6-11-18-15(22)12-23-17-21-20-16(24-17)19-14-9-7-13(2)8-10-14/h7-10H,3-6,11-12H2,1-2H3,(H,18,22)(H,19,20). The van der Waals surface area contributed by atoms with E-state index in [1.165, 1.54) is 47.9 Å². The summed E-state index contributed by atoms with van der Waals surface area (Å²) >= 11 is 2.88. The lowest BCUT2D eigenvalue weighted by molar-refractivity contribution is -0.118. The Bertz CT molecular complexity index is 628. The third-order valence-corrected chi connectivity index (χ3v) is 5.36. The lowest BCUT2D eigenvalue weighted by atomic mass is 10.2. The number of carbonyl (C=O) groups is 1. The third-order valence-electron chi connectivity index (χ3n) is 3.39. The number of hydrogen-bond donors (Lipinski definition) is 2. The van der Waals surface area contributed by atoms with Crippen LogP contribution in [-0.2, 0) is 4.79 Å². The fourth-order valence-electron chi connectivity index (χ4n) is 2.04. The minimum atomic E-state index is 0.0553. The Kier molecular flexibility index (Phi) is 8.04. The van der Waals surface area contributed by atoms with E-state index in [4.69, 9.17) is 0 Å². The van der Waals surface area contributed by atoms with Gasteiger partial charge >= 0.3 is 0 Å². The van der Waals surface area contributed by atoms with Crippen molar-refractivity contribution in [2.24, 2.45) is 0 Å². The number of rotatable bonds is 10. The van der Waals surface area contributed by atoms with Gasteiger partial charge in [0.2, 0.25) is 11.0 Å². The number of nitrogens with zero attached hydrogens (tertiary/aromatic N) is 2. The van der Waals surface area contributed by atoms with Crippen LogP contribution in [0.25, 0.3) is 0 Å². The van der Waals surface area contributed by atoms with Crippen molar-refractivity contribution in [1.82, 2.24) is 15.5 Å². The van der Waals surface area contributed by atoms with E-state index in [9.17, 15) is 4.79 Å². The van der Waals surface area contributed by atoms with Gasteiger partial charge in [-0.15, -0.1) is 10.2 Å². The van der Waals surface area contributed by atoms with E-state index >= 15 is 0 Å². The molecule has 130 valence electrons. The zero-order chi connectivity index (χ0) is 17.2. The van der Waals surface area contributed by atoms with Crippen LogP contribution in [-0.4, -0.2) is 28.4 Å². The summed E-state index contributed by atoms with van der Waals surface area (Å²) in [6, 6.07) is 8.11. The highest BCUT2D eigenvalue weighted by Gasteiger charge is 2.08. The molecule has 0 unspecified atom stereocenters. The van der Waals surface area contributed by atoms with Gasteiger partial charge in [-0.2, -0.15) is 0 Å². The van der Waals surface area contributed by atoms with Gasteiger partial charge in [-0.1, -0.05) is 67.0 Å². The molecule has 0 radical (unpaired) electrons. The van der Waals surface area contributed by atoms with Crippen LogP contribution >= 0.6 is 23.1 Å². The van der Waals surface area contributed by atoms with Crippen LogP contribution < -0.4 is 10.6 Å². The number of unbranched alkanes of at least 4 members (excludes halogenated alkanes) is 3. The molecule has 0 saturated carbocycles. The fourth-order valence-corrected chi connectivity index (χ4v) is 3.64. The summed E-state index contributed by atoms with van der Waals surface area (Å²) in [5.74, 6) is 0.437. The molecule has 0 aliphatic rings. The van der Waals surface area contributed by atoms with Crippen molar-refractivity contribution in [2.45, 2.75) is 43.9 Å². The number of aryl methyl sites for hydroxylation is 1. The van der Waals surface area contributed by atoms with E-state index < -0.39 is 0 Å². The van der Waals surface area contributed by atoms with Gasteiger partial charge in [-0.05, 0) is 25.5 Å². The van der Waals surface area contributed by atoms with Gasteiger partial charge < -0.3 is 10.6 Å². The van der Waals surface area contributed by atoms with Crippen molar-refractivity contribution in [3.63, 3.8) is 0 Å². The van der Waals surface area contributed by atoms with E-state index in [2.05, 4.69) is 34.7 Å². The summed E-state index contributed by atoms with van der Waals surface area (Å²) in [6.07, 6.45) is 4.66. The number of benzene rings is 1. The molecule has 7 heteroatoms. The molecule has 24 heavy (non-hydrogen) atoms. The average molecular weight is 365 g/mol. The minimum absolute atomic E-state index is 0.0553. The number of amides is 1. The predicted molar refractivity (Wildman–Crippen MR) is 102 cm³/mol. The van der Waals surface area contributed by atoms with Gasteiger partial charge in [-0.25, -0.2) is 0 Å². The maximum atomic E-state index is 11.8. The van der Waals surface area contributed by atoms with Crippen LogP contribution in [0.15, 0.2) is 28.6 Å². The topological polar surface area (TPSA) is 66.9 Å². The molecule has 1 heterocycles. The van der Waals surface area contributed by atoms with Crippen molar-refractivity contribution < 1.29 is 4.79 Å². The number of anilines is 2. The molecule has 1 aromatic carbocycles. The molecule has 5 nitrogen and oxygen atoms in total. The molecule has 2 N–H and O–H groups in total. The fraction of sp³-hybridized carbons (Fsp3) is 0.471. The minimum Gasteiger partial charge on any atom is -0.355 e. The summed E-state index contributed by atoms with van der Waals surface area (Å²) < 4.78 is 0.797. The second-order valence-corrected chi connectivity index (χ2v) is 7.76. The van der Waals surface area contributed by atoms with Crippen LogP contribution in [0.2, 0.25) is 0 Å². The molecule has 0 aliphatic carbocycles. The first-order valence-electron chi connectivity index (χ1n) is 8.24. The van der Waals surface area contributed by atoms with Gasteiger partial charge in [0, 0.05) is 12.2 Å². The highest BCUT2D eigenvalue weighted by atomic mass is 32.2. The second-order valence-electron chi connectivity index (χ2n) is 5.56. The number of thioether (sulfide) groups is 1. The smallest absolute Gasteiger partial charge is 0.230 e. The van der Waals surface area contributed by atoms with Crippen molar-refractivity contribution in [1.29, 1.82) is 0 Å². The Hall–Kier alpha value is -1.60. The number of nitrogens with one attached hydrogen (secondary N) is 2. The number of carbonyl (C=O) groups excluding carboxylic acids is 1. The molecule has 0 aliphatic heterocycles. The van der Waals surface area contributed by atoms with Gasteiger partial charge in [0.05, 0.1) is 5.75 Å². The molecule has 0 saturated heterocycles. The Morgan fingerprint density at radius 3 is 2.71 bits per heavy atom. The van der Waals surface area contributed by atoms with Gasteiger partial charge in [0.1, 0.15) is 0 Å². The van der Waals surface area contributed by atoms with Gasteiger partial charge in [0.15, 0.2) is 4.34 Å². The van der Waals surface area contributed by atoms with Crippen LogP contribution in [0, 0.1) is 6.92 Å². The summed E-state index contributed by atoms with van der Waals surface area (Å²) in [5.41, 5.74) is 2.20. The monoisotopic (exact) mass is 364 g/mol. The van der Waals surface area contributed by atoms with Crippen molar-refractivity contribution in [2.75, 3.05) is 17.6 Å². The normalized spacial score (nSPS) is 10.6. The van der Waals surface area contributed by atoms with E-state index in [1.807, 2.05) is 24.3 Å². The second kappa shape index (κ2) is 10.3. The molecule has 0 bridgehead atoms. The van der Waals surface area contributed by atoms with Crippen LogP contribution in [0.4, 0.5) is 10.8 Å². The van der Waals surface area contributed by atoms with E-state index in [0.717, 1.165) is 28.1 Å². The molecule has 2 aromatic rings. The van der Waals surface area contributed by atoms with Crippen LogP contribution in [0.3, 0.4) is 0 Å².